The van der Waals surface area contributed by atoms with E-state index in [4.69, 9.17) is 0 Å². The van der Waals surface area contributed by atoms with Crippen molar-refractivity contribution in [2.75, 3.05) is 0 Å². The first-order valence-corrected chi connectivity index (χ1v) is 18.8. The van der Waals surface area contributed by atoms with Gasteiger partial charge in [0.2, 0.25) is 0 Å². The molecule has 0 aliphatic heterocycles. The van der Waals surface area contributed by atoms with Crippen molar-refractivity contribution < 1.29 is 0 Å². The summed E-state index contributed by atoms with van der Waals surface area (Å²) in [5.74, 6) is 0. The van der Waals surface area contributed by atoms with Crippen molar-refractivity contribution in [3.05, 3.63) is 205 Å². The molecule has 6 rings (SSSR count). The lowest BCUT2D eigenvalue weighted by Gasteiger charge is -2.40. The molecule has 0 spiro atoms. The fourth-order valence-corrected chi connectivity index (χ4v) is 12.9. The van der Waals surface area contributed by atoms with Gasteiger partial charge in [-0.3, -0.25) is 0 Å². The van der Waals surface area contributed by atoms with Gasteiger partial charge in [-0.05, 0) is 83.5 Å². The SMILES string of the molecule is C=Cc1ccc(CC(C(Cc2ccc(C=C)cc2)P(c2ccccc2)c2ccccc2)P(c2ccccc2)c2ccccc2)cc1. The van der Waals surface area contributed by atoms with Crippen LogP contribution < -0.4 is 21.2 Å². The molecular weight excluding hydrogens is 590 g/mol. The van der Waals surface area contributed by atoms with Crippen LogP contribution in [0.3, 0.4) is 0 Å². The highest BCUT2D eigenvalue weighted by atomic mass is 31.1. The molecule has 0 heterocycles. The second kappa shape index (κ2) is 15.8. The number of hydrogen-bond donors (Lipinski definition) is 0. The fraction of sp³-hybridized carbons (Fsp3) is 0.0909. The molecule has 0 fully saturated rings. The van der Waals surface area contributed by atoms with Crippen LogP contribution in [0.2, 0.25) is 0 Å². The van der Waals surface area contributed by atoms with E-state index in [2.05, 4.69) is 183 Å². The predicted octanol–water partition coefficient (Wildman–Crippen LogP) is 9.76. The molecule has 6 aromatic carbocycles. The Morgan fingerprint density at radius 3 is 0.870 bits per heavy atom. The van der Waals surface area contributed by atoms with Gasteiger partial charge in [-0.1, -0.05) is 195 Å². The van der Waals surface area contributed by atoms with Crippen molar-refractivity contribution in [3.8, 4) is 0 Å². The van der Waals surface area contributed by atoms with E-state index in [0.29, 0.717) is 11.3 Å². The van der Waals surface area contributed by atoms with Crippen LogP contribution in [-0.2, 0) is 12.8 Å². The van der Waals surface area contributed by atoms with Crippen molar-refractivity contribution in [3.63, 3.8) is 0 Å². The van der Waals surface area contributed by atoms with Gasteiger partial charge in [0.15, 0.2) is 0 Å². The van der Waals surface area contributed by atoms with Gasteiger partial charge in [0.05, 0.1) is 0 Å². The number of hydrogen-bond acceptors (Lipinski definition) is 0. The zero-order chi connectivity index (χ0) is 31.6. The van der Waals surface area contributed by atoms with E-state index >= 15 is 0 Å². The minimum absolute atomic E-state index is 0.361. The van der Waals surface area contributed by atoms with Crippen molar-refractivity contribution in [2.45, 2.75) is 24.2 Å². The average Bonchev–Trinajstić information content (AvgIpc) is 3.13. The smallest absolute Gasteiger partial charge is 0.00115 e. The quantitative estimate of drug-likeness (QED) is 0.112. The molecule has 0 radical (unpaired) electrons. The van der Waals surface area contributed by atoms with E-state index in [9.17, 15) is 0 Å². The van der Waals surface area contributed by atoms with Crippen LogP contribution in [0.1, 0.15) is 22.3 Å². The van der Waals surface area contributed by atoms with Crippen LogP contribution in [0.25, 0.3) is 12.2 Å². The minimum Gasteiger partial charge on any atom is -0.0985 e. The molecule has 0 aromatic heterocycles. The van der Waals surface area contributed by atoms with Gasteiger partial charge in [0, 0.05) is 0 Å². The molecule has 0 saturated carbocycles. The van der Waals surface area contributed by atoms with Crippen LogP contribution in [0, 0.1) is 0 Å². The molecular formula is C44H40P2. The van der Waals surface area contributed by atoms with Gasteiger partial charge in [0.1, 0.15) is 0 Å². The number of benzene rings is 6. The van der Waals surface area contributed by atoms with Gasteiger partial charge >= 0.3 is 0 Å². The second-order valence-electron chi connectivity index (χ2n) is 11.5. The molecule has 0 N–H and O–H groups in total. The third kappa shape index (κ3) is 7.71. The normalized spacial score (nSPS) is 12.5. The van der Waals surface area contributed by atoms with Crippen LogP contribution in [0.5, 0.6) is 0 Å². The Morgan fingerprint density at radius 1 is 0.370 bits per heavy atom. The summed E-state index contributed by atoms with van der Waals surface area (Å²) in [4.78, 5) is 0. The van der Waals surface area contributed by atoms with E-state index in [1.807, 2.05) is 12.2 Å². The van der Waals surface area contributed by atoms with Crippen molar-refractivity contribution >= 4 is 49.2 Å². The molecule has 2 heteroatoms. The first kappa shape index (κ1) is 31.6. The Kier molecular flexibility index (Phi) is 10.9. The van der Waals surface area contributed by atoms with Crippen LogP contribution in [0.15, 0.2) is 183 Å². The zero-order valence-electron chi connectivity index (χ0n) is 26.2. The van der Waals surface area contributed by atoms with Crippen LogP contribution in [-0.4, -0.2) is 11.3 Å². The third-order valence-electron chi connectivity index (χ3n) is 8.57. The van der Waals surface area contributed by atoms with E-state index in [1.165, 1.54) is 32.3 Å². The Labute approximate surface area is 277 Å². The third-order valence-corrected chi connectivity index (χ3v) is 14.6. The van der Waals surface area contributed by atoms with E-state index in [1.54, 1.807) is 0 Å². The fourth-order valence-electron chi connectivity index (χ4n) is 6.28. The standard InChI is InChI=1S/C44H40P2/c1-3-35-25-29-37(30-26-35)33-43(45(39-17-9-5-10-18-39)40-19-11-6-12-20-40)44(34-38-31-27-36(4-2)28-32-38)46(41-21-13-7-14-22-41)42-23-15-8-16-24-42/h3-32,43-44H,1-2,33-34H2. The van der Waals surface area contributed by atoms with Crippen LogP contribution in [0.4, 0.5) is 0 Å². The maximum Gasteiger partial charge on any atom is -0.00115 e. The van der Waals surface area contributed by atoms with Gasteiger partial charge in [-0.15, -0.1) is 0 Å². The number of rotatable bonds is 13. The Bertz CT molecular complexity index is 1580. The Hall–Kier alpha value is -4.34. The maximum absolute atomic E-state index is 4.01. The van der Waals surface area contributed by atoms with E-state index < -0.39 is 15.8 Å². The summed E-state index contributed by atoms with van der Waals surface area (Å²) in [6, 6.07) is 63.3. The summed E-state index contributed by atoms with van der Waals surface area (Å²) in [6.45, 7) is 8.01. The summed E-state index contributed by atoms with van der Waals surface area (Å²) >= 11 is 0. The summed E-state index contributed by atoms with van der Waals surface area (Å²) in [5, 5.41) is 5.72. The van der Waals surface area contributed by atoms with Crippen molar-refractivity contribution in [2.24, 2.45) is 0 Å². The summed E-state index contributed by atoms with van der Waals surface area (Å²) in [5.41, 5.74) is 5.78. The second-order valence-corrected chi connectivity index (χ2v) is 16.4. The highest BCUT2D eigenvalue weighted by Gasteiger charge is 2.38. The Morgan fingerprint density at radius 2 is 0.630 bits per heavy atom. The summed E-state index contributed by atoms with van der Waals surface area (Å²) in [7, 11) is -1.45. The molecule has 0 aliphatic rings. The molecule has 0 bridgehead atoms. The average molecular weight is 631 g/mol. The summed E-state index contributed by atoms with van der Waals surface area (Å²) < 4.78 is 0. The van der Waals surface area contributed by atoms with E-state index in [0.717, 1.165) is 24.0 Å². The molecule has 0 saturated heterocycles. The van der Waals surface area contributed by atoms with Crippen molar-refractivity contribution in [1.29, 1.82) is 0 Å². The lowest BCUT2D eigenvalue weighted by Crippen LogP contribution is -2.38. The highest BCUT2D eigenvalue weighted by Crippen LogP contribution is 2.53. The topological polar surface area (TPSA) is 0 Å². The molecule has 0 aliphatic carbocycles. The molecule has 46 heavy (non-hydrogen) atoms. The van der Waals surface area contributed by atoms with Gasteiger partial charge in [-0.2, -0.15) is 0 Å². The highest BCUT2D eigenvalue weighted by molar-refractivity contribution is 7.77. The maximum atomic E-state index is 4.01. The largest absolute Gasteiger partial charge is 0.0985 e. The van der Waals surface area contributed by atoms with Crippen molar-refractivity contribution in [1.82, 2.24) is 0 Å². The molecule has 0 amide bonds. The predicted molar refractivity (Wildman–Crippen MR) is 206 cm³/mol. The first-order chi connectivity index (χ1) is 22.7. The Balaban J connectivity index is 1.59. The van der Waals surface area contributed by atoms with Gasteiger partial charge < -0.3 is 0 Å². The lowest BCUT2D eigenvalue weighted by atomic mass is 10.0. The zero-order valence-corrected chi connectivity index (χ0v) is 28.0. The molecule has 2 atom stereocenters. The van der Waals surface area contributed by atoms with Gasteiger partial charge in [-0.25, -0.2) is 0 Å². The van der Waals surface area contributed by atoms with Crippen LogP contribution >= 0.6 is 15.8 Å². The molecule has 226 valence electrons. The summed E-state index contributed by atoms with van der Waals surface area (Å²) in [6.07, 6.45) is 5.84. The molecule has 6 aromatic rings. The molecule has 0 nitrogen and oxygen atoms in total. The first-order valence-electron chi connectivity index (χ1n) is 15.9. The monoisotopic (exact) mass is 630 g/mol. The molecule has 2 unspecified atom stereocenters. The van der Waals surface area contributed by atoms with E-state index in [-0.39, 0.29) is 0 Å². The van der Waals surface area contributed by atoms with Gasteiger partial charge in [0.25, 0.3) is 0 Å². The lowest BCUT2D eigenvalue weighted by molar-refractivity contribution is 0.759. The minimum atomic E-state index is -0.727.